The second-order valence-corrected chi connectivity index (χ2v) is 5.73. The van der Waals surface area contributed by atoms with Crippen molar-refractivity contribution in [1.29, 1.82) is 0 Å². The Balaban J connectivity index is 2.20. The summed E-state index contributed by atoms with van der Waals surface area (Å²) in [5, 5.41) is 9.58. The Morgan fingerprint density at radius 3 is 2.63 bits per heavy atom. The molecule has 1 aromatic carbocycles. The van der Waals surface area contributed by atoms with E-state index < -0.39 is 11.4 Å². The maximum atomic E-state index is 12.3. The number of benzene rings is 1. The van der Waals surface area contributed by atoms with E-state index in [-0.39, 0.29) is 12.5 Å². The molecule has 4 nitrogen and oxygen atoms in total. The van der Waals surface area contributed by atoms with Gasteiger partial charge in [-0.15, -0.1) is 0 Å². The average molecular weight is 282 g/mol. The lowest BCUT2D eigenvalue weighted by molar-refractivity contribution is -0.147. The Morgan fingerprint density at radius 2 is 2.11 bits per heavy atom. The standard InChI is InChI=1S/C14H16ClNO3/c1-9-3-4-10(11(15)7-9)12(17)16-6-5-14(2,8-16)13(18)19/h3-4,7H,5-6,8H2,1-2H3,(H,18,19). The quantitative estimate of drug-likeness (QED) is 0.906. The van der Waals surface area contributed by atoms with E-state index in [9.17, 15) is 9.59 Å². The molecule has 1 aliphatic rings. The molecular weight excluding hydrogens is 266 g/mol. The molecular formula is C14H16ClNO3. The molecule has 1 N–H and O–H groups in total. The maximum Gasteiger partial charge on any atom is 0.311 e. The van der Waals surface area contributed by atoms with Crippen LogP contribution in [0.15, 0.2) is 18.2 Å². The largest absolute Gasteiger partial charge is 0.481 e. The highest BCUT2D eigenvalue weighted by Gasteiger charge is 2.42. The second kappa shape index (κ2) is 4.85. The van der Waals surface area contributed by atoms with Crippen LogP contribution in [0.5, 0.6) is 0 Å². The van der Waals surface area contributed by atoms with E-state index in [1.807, 2.05) is 13.0 Å². The number of amides is 1. The summed E-state index contributed by atoms with van der Waals surface area (Å²) in [7, 11) is 0. The van der Waals surface area contributed by atoms with Crippen LogP contribution >= 0.6 is 11.6 Å². The molecule has 1 fully saturated rings. The van der Waals surface area contributed by atoms with E-state index in [2.05, 4.69) is 0 Å². The summed E-state index contributed by atoms with van der Waals surface area (Å²) in [5.41, 5.74) is 0.563. The number of aryl methyl sites for hydroxylation is 1. The molecule has 0 aliphatic carbocycles. The number of carboxylic acid groups (broad SMARTS) is 1. The van der Waals surface area contributed by atoms with Crippen LogP contribution in [-0.2, 0) is 4.79 Å². The van der Waals surface area contributed by atoms with Crippen LogP contribution in [-0.4, -0.2) is 35.0 Å². The number of rotatable bonds is 2. The molecule has 2 rings (SSSR count). The van der Waals surface area contributed by atoms with Crippen molar-refractivity contribution in [2.45, 2.75) is 20.3 Å². The fraction of sp³-hybridized carbons (Fsp3) is 0.429. The van der Waals surface area contributed by atoms with E-state index in [1.54, 1.807) is 24.0 Å². The van der Waals surface area contributed by atoms with Crippen molar-refractivity contribution >= 4 is 23.5 Å². The predicted molar refractivity (Wildman–Crippen MR) is 72.5 cm³/mol. The van der Waals surface area contributed by atoms with Gasteiger partial charge >= 0.3 is 5.97 Å². The van der Waals surface area contributed by atoms with Gasteiger partial charge in [0.2, 0.25) is 0 Å². The topological polar surface area (TPSA) is 57.6 Å². The SMILES string of the molecule is Cc1ccc(C(=O)N2CCC(C)(C(=O)O)C2)c(Cl)c1. The molecule has 19 heavy (non-hydrogen) atoms. The fourth-order valence-corrected chi connectivity index (χ4v) is 2.59. The number of halogens is 1. The van der Waals surface area contributed by atoms with Crippen molar-refractivity contribution in [2.24, 2.45) is 5.41 Å². The minimum atomic E-state index is -0.863. The minimum Gasteiger partial charge on any atom is -0.481 e. The van der Waals surface area contributed by atoms with Gasteiger partial charge in [0.05, 0.1) is 16.0 Å². The smallest absolute Gasteiger partial charge is 0.311 e. The molecule has 5 heteroatoms. The van der Waals surface area contributed by atoms with Crippen LogP contribution in [0.3, 0.4) is 0 Å². The van der Waals surface area contributed by atoms with Gasteiger partial charge in [0, 0.05) is 13.1 Å². The van der Waals surface area contributed by atoms with Gasteiger partial charge in [-0.25, -0.2) is 0 Å². The Kier molecular flexibility index (Phi) is 3.54. The van der Waals surface area contributed by atoms with Crippen LogP contribution in [0.25, 0.3) is 0 Å². The zero-order chi connectivity index (χ0) is 14.2. The average Bonchev–Trinajstić information content (AvgIpc) is 2.73. The summed E-state index contributed by atoms with van der Waals surface area (Å²) in [4.78, 5) is 25.1. The predicted octanol–water partition coefficient (Wildman–Crippen LogP) is 2.59. The zero-order valence-corrected chi connectivity index (χ0v) is 11.7. The van der Waals surface area contributed by atoms with Crippen LogP contribution in [0.2, 0.25) is 5.02 Å². The molecule has 0 aromatic heterocycles. The van der Waals surface area contributed by atoms with E-state index in [0.29, 0.717) is 23.6 Å². The third-order valence-corrected chi connectivity index (χ3v) is 3.94. The molecule has 0 spiro atoms. The first-order chi connectivity index (χ1) is 8.83. The fourth-order valence-electron chi connectivity index (χ4n) is 2.27. The first-order valence-corrected chi connectivity index (χ1v) is 6.50. The summed E-state index contributed by atoms with van der Waals surface area (Å²) in [6.45, 7) is 4.24. The van der Waals surface area contributed by atoms with Crippen molar-refractivity contribution in [1.82, 2.24) is 4.90 Å². The van der Waals surface area contributed by atoms with Crippen molar-refractivity contribution in [3.63, 3.8) is 0 Å². The molecule has 0 saturated carbocycles. The van der Waals surface area contributed by atoms with Crippen molar-refractivity contribution in [3.8, 4) is 0 Å². The van der Waals surface area contributed by atoms with Crippen LogP contribution in [0.4, 0.5) is 0 Å². The lowest BCUT2D eigenvalue weighted by Crippen LogP contribution is -2.35. The maximum absolute atomic E-state index is 12.3. The van der Waals surface area contributed by atoms with Gasteiger partial charge in [0.1, 0.15) is 0 Å². The molecule has 1 heterocycles. The highest BCUT2D eigenvalue weighted by molar-refractivity contribution is 6.33. The normalized spacial score (nSPS) is 22.6. The highest BCUT2D eigenvalue weighted by Crippen LogP contribution is 2.32. The Hall–Kier alpha value is -1.55. The number of aliphatic carboxylic acids is 1. The van der Waals surface area contributed by atoms with Gasteiger partial charge in [0.25, 0.3) is 5.91 Å². The molecule has 1 saturated heterocycles. The molecule has 1 amide bonds. The molecule has 1 aromatic rings. The van der Waals surface area contributed by atoms with Crippen LogP contribution in [0.1, 0.15) is 29.3 Å². The van der Waals surface area contributed by atoms with Crippen LogP contribution in [0, 0.1) is 12.3 Å². The van der Waals surface area contributed by atoms with E-state index in [4.69, 9.17) is 16.7 Å². The molecule has 102 valence electrons. The Labute approximate surface area is 117 Å². The lowest BCUT2D eigenvalue weighted by Gasteiger charge is -2.20. The van der Waals surface area contributed by atoms with Gasteiger partial charge in [0.15, 0.2) is 0 Å². The molecule has 0 radical (unpaired) electrons. The van der Waals surface area contributed by atoms with Crippen molar-refractivity contribution in [2.75, 3.05) is 13.1 Å². The summed E-state index contributed by atoms with van der Waals surface area (Å²) in [6, 6.07) is 5.25. The lowest BCUT2D eigenvalue weighted by atomic mass is 9.90. The van der Waals surface area contributed by atoms with Crippen molar-refractivity contribution < 1.29 is 14.7 Å². The summed E-state index contributed by atoms with van der Waals surface area (Å²) in [6.07, 6.45) is 0.470. The zero-order valence-electron chi connectivity index (χ0n) is 10.9. The molecule has 0 bridgehead atoms. The highest BCUT2D eigenvalue weighted by atomic mass is 35.5. The summed E-state index contributed by atoms with van der Waals surface area (Å²) in [5.74, 6) is -1.06. The third-order valence-electron chi connectivity index (χ3n) is 3.63. The van der Waals surface area contributed by atoms with E-state index >= 15 is 0 Å². The number of carbonyl (C=O) groups is 2. The van der Waals surface area contributed by atoms with Gasteiger partial charge in [-0.3, -0.25) is 9.59 Å². The second-order valence-electron chi connectivity index (χ2n) is 5.33. The summed E-state index contributed by atoms with van der Waals surface area (Å²) < 4.78 is 0. The van der Waals surface area contributed by atoms with Crippen LogP contribution < -0.4 is 0 Å². The number of carbonyl (C=O) groups excluding carboxylic acids is 1. The van der Waals surface area contributed by atoms with Gasteiger partial charge in [-0.1, -0.05) is 17.7 Å². The first kappa shape index (κ1) is 13.9. The Bertz CT molecular complexity index is 543. The van der Waals surface area contributed by atoms with Gasteiger partial charge < -0.3 is 10.0 Å². The Morgan fingerprint density at radius 1 is 1.42 bits per heavy atom. The van der Waals surface area contributed by atoms with E-state index in [0.717, 1.165) is 5.56 Å². The van der Waals surface area contributed by atoms with Gasteiger partial charge in [-0.2, -0.15) is 0 Å². The molecule has 1 atom stereocenters. The van der Waals surface area contributed by atoms with E-state index in [1.165, 1.54) is 0 Å². The first-order valence-electron chi connectivity index (χ1n) is 6.12. The number of nitrogens with zero attached hydrogens (tertiary/aromatic N) is 1. The number of likely N-dealkylation sites (tertiary alicyclic amines) is 1. The number of carboxylic acids is 1. The number of hydrogen-bond donors (Lipinski definition) is 1. The monoisotopic (exact) mass is 281 g/mol. The number of hydrogen-bond acceptors (Lipinski definition) is 2. The molecule has 1 aliphatic heterocycles. The molecule has 1 unspecified atom stereocenters. The summed E-state index contributed by atoms with van der Waals surface area (Å²) >= 11 is 6.07. The van der Waals surface area contributed by atoms with Gasteiger partial charge in [-0.05, 0) is 38.0 Å². The third kappa shape index (κ3) is 2.59. The van der Waals surface area contributed by atoms with Crippen molar-refractivity contribution in [3.05, 3.63) is 34.3 Å². The minimum absolute atomic E-state index is 0.199.